The van der Waals surface area contributed by atoms with Gasteiger partial charge in [0.25, 0.3) is 0 Å². The maximum absolute atomic E-state index is 12.8. The summed E-state index contributed by atoms with van der Waals surface area (Å²) in [5.74, 6) is -0.316. The molecule has 1 saturated carbocycles. The van der Waals surface area contributed by atoms with E-state index in [0.29, 0.717) is 19.4 Å². The van der Waals surface area contributed by atoms with Crippen LogP contribution >= 0.6 is 0 Å². The number of pyridine rings is 1. The topological polar surface area (TPSA) is 106 Å². The van der Waals surface area contributed by atoms with Crippen molar-refractivity contribution in [2.24, 2.45) is 5.73 Å². The van der Waals surface area contributed by atoms with Gasteiger partial charge in [-0.2, -0.15) is 0 Å². The lowest BCUT2D eigenvalue weighted by molar-refractivity contribution is -0.120. The van der Waals surface area contributed by atoms with Crippen molar-refractivity contribution in [3.63, 3.8) is 0 Å². The fourth-order valence-electron chi connectivity index (χ4n) is 4.89. The number of hydrogen-bond donors (Lipinski definition) is 2. The Balaban J connectivity index is 1.47. The van der Waals surface area contributed by atoms with Gasteiger partial charge in [0.05, 0.1) is 28.4 Å². The van der Waals surface area contributed by atoms with Crippen LogP contribution in [0, 0.1) is 0 Å². The van der Waals surface area contributed by atoms with Crippen LogP contribution < -0.4 is 5.73 Å². The fraction of sp³-hybridized carbons (Fsp3) is 0.500. The summed E-state index contributed by atoms with van der Waals surface area (Å²) < 4.78 is 5.75. The first kappa shape index (κ1) is 23.2. The van der Waals surface area contributed by atoms with E-state index in [1.165, 1.54) is 0 Å². The predicted octanol–water partition coefficient (Wildman–Crippen LogP) is 4.09. The molecule has 33 heavy (non-hydrogen) atoms. The Morgan fingerprint density at radius 2 is 1.88 bits per heavy atom. The number of carbonyl (C=O) groups is 2. The molecule has 1 aromatic carbocycles. The Morgan fingerprint density at radius 3 is 2.42 bits per heavy atom. The number of carbonyl (C=O) groups excluding carboxylic acids is 2. The monoisotopic (exact) mass is 451 g/mol. The summed E-state index contributed by atoms with van der Waals surface area (Å²) in [4.78, 5) is 31.1. The molecular weight excluding hydrogens is 418 g/mol. The van der Waals surface area contributed by atoms with Crippen molar-refractivity contribution in [1.82, 2.24) is 9.88 Å². The van der Waals surface area contributed by atoms with Crippen LogP contribution in [0.3, 0.4) is 0 Å². The zero-order valence-corrected chi connectivity index (χ0v) is 19.8. The van der Waals surface area contributed by atoms with E-state index in [0.717, 1.165) is 35.4 Å². The van der Waals surface area contributed by atoms with E-state index in [-0.39, 0.29) is 18.0 Å². The lowest BCUT2D eigenvalue weighted by Gasteiger charge is -2.43. The molecule has 3 N–H and O–H groups in total. The molecule has 0 radical (unpaired) electrons. The van der Waals surface area contributed by atoms with Crippen molar-refractivity contribution < 1.29 is 19.4 Å². The predicted molar refractivity (Wildman–Crippen MR) is 125 cm³/mol. The van der Waals surface area contributed by atoms with E-state index in [1.807, 2.05) is 56.3 Å². The second kappa shape index (κ2) is 8.13. The summed E-state index contributed by atoms with van der Waals surface area (Å²) in [7, 11) is 0. The first-order valence-electron chi connectivity index (χ1n) is 11.5. The molecule has 2 amide bonds. The highest BCUT2D eigenvalue weighted by atomic mass is 16.6. The van der Waals surface area contributed by atoms with Crippen LogP contribution in [0.4, 0.5) is 4.79 Å². The molecular formula is C26H33N3O4. The lowest BCUT2D eigenvalue weighted by Crippen LogP contribution is -2.51. The molecule has 1 aromatic heterocycles. The third-order valence-corrected chi connectivity index (χ3v) is 6.87. The van der Waals surface area contributed by atoms with Crippen molar-refractivity contribution in [1.29, 1.82) is 0 Å². The summed E-state index contributed by atoms with van der Waals surface area (Å²) in [5.41, 5.74) is 6.87. The molecule has 2 fully saturated rings. The minimum Gasteiger partial charge on any atom is -0.443 e. The molecule has 2 heterocycles. The highest BCUT2D eigenvalue weighted by molar-refractivity contribution is 5.89. The smallest absolute Gasteiger partial charge is 0.410 e. The average Bonchev–Trinajstić information content (AvgIpc) is 3.54. The molecule has 2 atom stereocenters. The Kier molecular flexibility index (Phi) is 5.73. The van der Waals surface area contributed by atoms with Gasteiger partial charge in [-0.05, 0) is 58.2 Å². The number of nitrogens with two attached hydrogens (primary N) is 1. The van der Waals surface area contributed by atoms with Gasteiger partial charge in [0.1, 0.15) is 5.60 Å². The fourth-order valence-corrected chi connectivity index (χ4v) is 4.89. The number of aliphatic hydroxyl groups is 1. The number of benzene rings is 1. The second-order valence-electron chi connectivity index (χ2n) is 10.4. The van der Waals surface area contributed by atoms with Gasteiger partial charge in [0.15, 0.2) is 0 Å². The number of nitrogens with zero attached hydrogens (tertiary/aromatic N) is 2. The zero-order chi connectivity index (χ0) is 24.0. The third kappa shape index (κ3) is 4.74. The number of rotatable bonds is 7. The average molecular weight is 452 g/mol. The lowest BCUT2D eigenvalue weighted by atomic mass is 9.87. The highest BCUT2D eigenvalue weighted by Gasteiger charge is 2.51. The summed E-state index contributed by atoms with van der Waals surface area (Å²) in [6, 6.07) is 13.5. The van der Waals surface area contributed by atoms with E-state index in [2.05, 4.69) is 0 Å². The Morgan fingerprint density at radius 1 is 1.21 bits per heavy atom. The van der Waals surface area contributed by atoms with Gasteiger partial charge in [-0.3, -0.25) is 9.78 Å². The molecule has 7 nitrogen and oxygen atoms in total. The first-order valence-corrected chi connectivity index (χ1v) is 11.5. The summed E-state index contributed by atoms with van der Waals surface area (Å²) in [6.45, 7) is 7.88. The minimum absolute atomic E-state index is 0.151. The highest BCUT2D eigenvalue weighted by Crippen LogP contribution is 2.47. The molecule has 2 aromatic rings. The van der Waals surface area contributed by atoms with Crippen molar-refractivity contribution in [2.45, 2.75) is 76.0 Å². The quantitative estimate of drug-likeness (QED) is 0.660. The molecule has 0 bridgehead atoms. The number of aromatic nitrogens is 1. The van der Waals surface area contributed by atoms with Crippen molar-refractivity contribution in [3.05, 3.63) is 53.7 Å². The molecule has 4 rings (SSSR count). The standard InChI is InChI=1S/C26H33N3O4/c1-17(29-15-14-25(4,33-23(29)31)16-24(2,3)32)18-8-10-19(11-9-18)20-6-5-7-21(28-20)26(12-13-26)22(27)30/h5-11,17,32H,12-16H2,1-4H3,(H2,27,30)/t17-,25-/m0/s1. The van der Waals surface area contributed by atoms with E-state index in [9.17, 15) is 14.7 Å². The van der Waals surface area contributed by atoms with Crippen LogP contribution in [0.25, 0.3) is 11.3 Å². The van der Waals surface area contributed by atoms with Crippen LogP contribution in [0.2, 0.25) is 0 Å². The molecule has 1 aliphatic heterocycles. The largest absolute Gasteiger partial charge is 0.443 e. The number of cyclic esters (lactones) is 1. The number of amides is 2. The summed E-state index contributed by atoms with van der Waals surface area (Å²) >= 11 is 0. The molecule has 1 aliphatic carbocycles. The Labute approximate surface area is 195 Å². The van der Waals surface area contributed by atoms with Gasteiger partial charge in [-0.25, -0.2) is 4.79 Å². The molecule has 2 aliphatic rings. The second-order valence-corrected chi connectivity index (χ2v) is 10.4. The van der Waals surface area contributed by atoms with Gasteiger partial charge < -0.3 is 20.5 Å². The van der Waals surface area contributed by atoms with Crippen LogP contribution in [0.1, 0.15) is 70.7 Å². The van der Waals surface area contributed by atoms with E-state index in [4.69, 9.17) is 15.5 Å². The minimum atomic E-state index is -0.902. The molecule has 0 spiro atoms. The van der Waals surface area contributed by atoms with Gasteiger partial charge in [0.2, 0.25) is 5.91 Å². The van der Waals surface area contributed by atoms with Gasteiger partial charge in [-0.1, -0.05) is 30.3 Å². The maximum atomic E-state index is 12.8. The van der Waals surface area contributed by atoms with Crippen LogP contribution in [0.5, 0.6) is 0 Å². The number of ether oxygens (including phenoxy) is 1. The summed E-state index contributed by atoms with van der Waals surface area (Å²) in [5, 5.41) is 10.2. The van der Waals surface area contributed by atoms with E-state index < -0.39 is 16.6 Å². The Bertz CT molecular complexity index is 1060. The summed E-state index contributed by atoms with van der Waals surface area (Å²) in [6.07, 6.45) is 2.18. The van der Waals surface area contributed by atoms with Crippen LogP contribution in [-0.2, 0) is 14.9 Å². The molecule has 7 heteroatoms. The molecule has 176 valence electrons. The third-order valence-electron chi connectivity index (χ3n) is 6.87. The number of primary amides is 1. The van der Waals surface area contributed by atoms with Crippen molar-refractivity contribution in [3.8, 4) is 11.3 Å². The SMILES string of the molecule is C[C@@H](c1ccc(-c2cccc(C3(C(N)=O)CC3)n2)cc1)N1CC[C@@](C)(CC(C)(C)O)OC1=O. The van der Waals surface area contributed by atoms with E-state index in [1.54, 1.807) is 18.7 Å². The number of hydrogen-bond acceptors (Lipinski definition) is 5. The maximum Gasteiger partial charge on any atom is 0.410 e. The first-order chi connectivity index (χ1) is 15.4. The van der Waals surface area contributed by atoms with Crippen molar-refractivity contribution >= 4 is 12.0 Å². The van der Waals surface area contributed by atoms with Crippen LogP contribution in [-0.4, -0.2) is 44.7 Å². The Hall–Kier alpha value is -2.93. The van der Waals surface area contributed by atoms with Crippen molar-refractivity contribution in [2.75, 3.05) is 6.54 Å². The molecule has 0 unspecified atom stereocenters. The van der Waals surface area contributed by atoms with Gasteiger partial charge in [-0.15, -0.1) is 0 Å². The van der Waals surface area contributed by atoms with E-state index >= 15 is 0 Å². The molecule has 1 saturated heterocycles. The van der Waals surface area contributed by atoms with Gasteiger partial charge >= 0.3 is 6.09 Å². The zero-order valence-electron chi connectivity index (χ0n) is 19.8. The van der Waals surface area contributed by atoms with Gasteiger partial charge in [0, 0.05) is 24.9 Å². The van der Waals surface area contributed by atoms with Crippen LogP contribution in [0.15, 0.2) is 42.5 Å². The normalized spacial score (nSPS) is 23.1.